The molecule has 3 N–H and O–H groups in total. The molecule has 0 aromatic heterocycles. The van der Waals surface area contributed by atoms with Crippen LogP contribution < -0.4 is 11.1 Å². The van der Waals surface area contributed by atoms with Gasteiger partial charge in [-0.2, -0.15) is 0 Å². The normalized spacial score (nSPS) is 35.9. The van der Waals surface area contributed by atoms with E-state index in [1.807, 2.05) is 5.83 Å². The average Bonchev–Trinajstić information content (AvgIpc) is 2.43. The van der Waals surface area contributed by atoms with Crippen LogP contribution in [0.3, 0.4) is 0 Å². The molecule has 0 heterocycles. The second kappa shape index (κ2) is 9.89. The number of unbranched alkanes of at least 4 members (excludes halogenated alkanes) is 2. The first-order chi connectivity index (χ1) is 9.80. The molecule has 2 nitrogen and oxygen atoms in total. The lowest BCUT2D eigenvalue weighted by Gasteiger charge is -2.57. The number of nitrogens with two attached hydrogens (primary N) is 1. The second-order valence-electron chi connectivity index (χ2n) is 7.44. The van der Waals surface area contributed by atoms with E-state index in [0.717, 1.165) is 24.3 Å². The molecule has 4 saturated carbocycles. The maximum atomic E-state index is 5.53. The van der Waals surface area contributed by atoms with Crippen molar-refractivity contribution in [2.75, 3.05) is 25.5 Å². The van der Waals surface area contributed by atoms with Gasteiger partial charge in [-0.05, 0) is 93.5 Å². The zero-order chi connectivity index (χ0) is 14.4. The zero-order valence-corrected chi connectivity index (χ0v) is 16.9. The van der Waals surface area contributed by atoms with Crippen molar-refractivity contribution >= 4 is 32.9 Å². The van der Waals surface area contributed by atoms with Crippen LogP contribution in [0.25, 0.3) is 0 Å². The van der Waals surface area contributed by atoms with Gasteiger partial charge >= 0.3 is 0 Å². The van der Waals surface area contributed by atoms with E-state index in [1.54, 1.807) is 19.3 Å². The molecule has 0 amide bonds. The minimum Gasteiger partial charge on any atom is -0.330 e. The van der Waals surface area contributed by atoms with Gasteiger partial charge in [0.05, 0.1) is 0 Å². The van der Waals surface area contributed by atoms with Gasteiger partial charge in [0.1, 0.15) is 0 Å². The fourth-order valence-corrected chi connectivity index (χ4v) is 5.43. The Morgan fingerprint density at radius 3 is 1.95 bits per heavy atom. The highest BCUT2D eigenvalue weighted by atomic mass is 79.9. The summed E-state index contributed by atoms with van der Waals surface area (Å²) in [6, 6.07) is 0. The molecule has 0 aromatic carbocycles. The maximum Gasteiger partial charge on any atom is 0.000811 e. The Hall–Kier alpha value is 0.880. The Morgan fingerprint density at radius 2 is 1.48 bits per heavy atom. The predicted molar refractivity (Wildman–Crippen MR) is 102 cm³/mol. The number of hydrogen-bond acceptors (Lipinski definition) is 2. The van der Waals surface area contributed by atoms with E-state index in [4.69, 9.17) is 5.73 Å². The van der Waals surface area contributed by atoms with Crippen LogP contribution in [0.2, 0.25) is 0 Å². The lowest BCUT2D eigenvalue weighted by atomic mass is 9.49. The van der Waals surface area contributed by atoms with E-state index in [9.17, 15) is 0 Å². The van der Waals surface area contributed by atoms with Crippen LogP contribution in [-0.4, -0.2) is 25.5 Å². The Balaban J connectivity index is 0.000000706. The lowest BCUT2D eigenvalue weighted by molar-refractivity contribution is -0.0512. The first-order valence-corrected chi connectivity index (χ1v) is 10.2. The number of nitrogens with one attached hydrogen (secondary N) is 1. The monoisotopic (exact) mass is 424 g/mol. The largest absolute Gasteiger partial charge is 0.330 e. The average molecular weight is 426 g/mol. The van der Waals surface area contributed by atoms with Crippen LogP contribution in [-0.2, 0) is 0 Å². The highest BCUT2D eigenvalue weighted by Crippen LogP contribution is 2.59. The van der Waals surface area contributed by atoms with Gasteiger partial charge in [-0.1, -0.05) is 22.4 Å². The maximum absolute atomic E-state index is 5.53. The molecule has 0 aromatic rings. The van der Waals surface area contributed by atoms with E-state index in [2.05, 4.69) is 21.2 Å². The molecular formula is C17H34Br2N2. The summed E-state index contributed by atoms with van der Waals surface area (Å²) in [4.78, 5) is 0. The molecule has 0 atom stereocenters. The second-order valence-corrected chi connectivity index (χ2v) is 7.44. The quantitative estimate of drug-likeness (QED) is 0.465. The molecule has 0 saturated heterocycles. The van der Waals surface area contributed by atoms with Crippen LogP contribution in [0.1, 0.15) is 57.8 Å². The fourth-order valence-electron chi connectivity index (χ4n) is 5.43. The molecule has 4 aliphatic carbocycles. The van der Waals surface area contributed by atoms with E-state index in [0.29, 0.717) is 5.41 Å². The molecule has 4 rings (SSSR count). The Bertz CT molecular complexity index is 249. The molecule has 4 heteroatoms. The SMILES string of the molecule is Br.CBr.NCCCCCNCC12CC3CC(CC(C3)C1)C2. The first kappa shape index (κ1) is 19.9. The number of rotatable bonds is 7. The van der Waals surface area contributed by atoms with E-state index in [1.165, 1.54) is 51.6 Å². The van der Waals surface area contributed by atoms with Gasteiger partial charge < -0.3 is 11.1 Å². The number of alkyl halides is 1. The number of hydrogen-bond donors (Lipinski definition) is 2. The standard InChI is InChI=1S/C16H30N2.CH3Br.BrH/c17-4-2-1-3-5-18-12-16-9-13-6-14(10-16)8-15(7-13)11-16;1-2;/h13-15,18H,1-12,17H2;1H3;1H. The molecule has 4 fully saturated rings. The minimum atomic E-state index is 0. The topological polar surface area (TPSA) is 38.0 Å². The third-order valence-corrected chi connectivity index (χ3v) is 5.72. The summed E-state index contributed by atoms with van der Waals surface area (Å²) in [5, 5.41) is 3.76. The van der Waals surface area contributed by atoms with Crippen molar-refractivity contribution in [2.45, 2.75) is 57.8 Å². The summed E-state index contributed by atoms with van der Waals surface area (Å²) in [5.41, 5.74) is 6.24. The molecule has 0 unspecified atom stereocenters. The molecule has 0 spiro atoms. The molecular weight excluding hydrogens is 392 g/mol. The Morgan fingerprint density at radius 1 is 0.952 bits per heavy atom. The van der Waals surface area contributed by atoms with E-state index < -0.39 is 0 Å². The van der Waals surface area contributed by atoms with Crippen molar-refractivity contribution < 1.29 is 0 Å². The summed E-state index contributed by atoms with van der Waals surface area (Å²) in [6.45, 7) is 3.37. The third kappa shape index (κ3) is 5.47. The highest BCUT2D eigenvalue weighted by molar-refractivity contribution is 9.08. The van der Waals surface area contributed by atoms with Gasteiger partial charge in [0, 0.05) is 6.54 Å². The molecule has 126 valence electrons. The number of halogens is 2. The van der Waals surface area contributed by atoms with Crippen molar-refractivity contribution in [1.29, 1.82) is 0 Å². The van der Waals surface area contributed by atoms with Gasteiger partial charge in [-0.3, -0.25) is 0 Å². The van der Waals surface area contributed by atoms with E-state index >= 15 is 0 Å². The summed E-state index contributed by atoms with van der Waals surface area (Å²) in [5.74, 6) is 5.09. The highest BCUT2D eigenvalue weighted by Gasteiger charge is 2.50. The molecule has 4 bridgehead atoms. The molecule has 0 radical (unpaired) electrons. The lowest BCUT2D eigenvalue weighted by Crippen LogP contribution is -2.50. The van der Waals surface area contributed by atoms with Crippen LogP contribution in [0, 0.1) is 23.2 Å². The Labute approximate surface area is 150 Å². The van der Waals surface area contributed by atoms with Crippen molar-refractivity contribution in [1.82, 2.24) is 5.32 Å². The minimum absolute atomic E-state index is 0. The van der Waals surface area contributed by atoms with Crippen molar-refractivity contribution in [3.05, 3.63) is 0 Å². The van der Waals surface area contributed by atoms with Gasteiger partial charge in [-0.25, -0.2) is 0 Å². The summed E-state index contributed by atoms with van der Waals surface area (Å²) in [7, 11) is 0. The van der Waals surface area contributed by atoms with Crippen molar-refractivity contribution in [3.63, 3.8) is 0 Å². The molecule has 0 aliphatic heterocycles. The van der Waals surface area contributed by atoms with Gasteiger partial charge in [0.15, 0.2) is 0 Å². The van der Waals surface area contributed by atoms with Crippen LogP contribution >= 0.6 is 32.9 Å². The molecule has 4 aliphatic rings. The van der Waals surface area contributed by atoms with Crippen LogP contribution in [0.15, 0.2) is 0 Å². The van der Waals surface area contributed by atoms with Crippen LogP contribution in [0.5, 0.6) is 0 Å². The predicted octanol–water partition coefficient (Wildman–Crippen LogP) is 4.51. The summed E-state index contributed by atoms with van der Waals surface area (Å²) in [6.07, 6.45) is 13.1. The first-order valence-electron chi connectivity index (χ1n) is 8.58. The smallest absolute Gasteiger partial charge is 0.000811 e. The zero-order valence-electron chi connectivity index (χ0n) is 13.6. The molecule has 21 heavy (non-hydrogen) atoms. The van der Waals surface area contributed by atoms with Gasteiger partial charge in [0.25, 0.3) is 0 Å². The summed E-state index contributed by atoms with van der Waals surface area (Å²) < 4.78 is 0. The fraction of sp³-hybridized carbons (Fsp3) is 1.00. The van der Waals surface area contributed by atoms with Gasteiger partial charge in [0.2, 0.25) is 0 Å². The summed E-state index contributed by atoms with van der Waals surface area (Å²) >= 11 is 2.94. The van der Waals surface area contributed by atoms with Crippen LogP contribution in [0.4, 0.5) is 0 Å². The third-order valence-electron chi connectivity index (χ3n) is 5.72. The van der Waals surface area contributed by atoms with Crippen molar-refractivity contribution in [3.8, 4) is 0 Å². The van der Waals surface area contributed by atoms with Gasteiger partial charge in [-0.15, -0.1) is 17.0 Å². The Kier molecular flexibility index (Phi) is 9.39. The van der Waals surface area contributed by atoms with E-state index in [-0.39, 0.29) is 17.0 Å². The van der Waals surface area contributed by atoms with Crippen molar-refractivity contribution in [2.24, 2.45) is 28.9 Å².